The van der Waals surface area contributed by atoms with Crippen molar-refractivity contribution in [3.8, 4) is 12.3 Å². The Balaban J connectivity index is 2.98. The summed E-state index contributed by atoms with van der Waals surface area (Å²) in [7, 11) is 1.70. The number of amides is 1. The lowest BCUT2D eigenvalue weighted by Gasteiger charge is -2.13. The zero-order valence-corrected chi connectivity index (χ0v) is 10.0. The lowest BCUT2D eigenvalue weighted by atomic mass is 10.3. The Bertz CT molecular complexity index is 414. The smallest absolute Gasteiger partial charge is 0.272 e. The van der Waals surface area contributed by atoms with Crippen LogP contribution in [0.4, 0.5) is 0 Å². The van der Waals surface area contributed by atoms with Gasteiger partial charge in [0.1, 0.15) is 5.69 Å². The van der Waals surface area contributed by atoms with Gasteiger partial charge in [0.25, 0.3) is 5.91 Å². The largest absolute Gasteiger partial charge is 0.329 e. The Hall–Kier alpha value is -1.76. The number of rotatable bonds is 4. The van der Waals surface area contributed by atoms with Crippen LogP contribution in [0.1, 0.15) is 30.0 Å². The molecule has 0 radical (unpaired) electrons. The molecule has 0 aromatic carbocycles. The Morgan fingerprint density at radius 2 is 2.31 bits per heavy atom. The maximum atomic E-state index is 12.0. The number of hydrogen-bond acceptors (Lipinski definition) is 2. The predicted molar refractivity (Wildman–Crippen MR) is 63.1 cm³/mol. The van der Waals surface area contributed by atoms with Crippen molar-refractivity contribution < 1.29 is 4.79 Å². The van der Waals surface area contributed by atoms with Crippen molar-refractivity contribution in [1.29, 1.82) is 0 Å². The Morgan fingerprint density at radius 1 is 1.62 bits per heavy atom. The molecule has 0 aliphatic carbocycles. The van der Waals surface area contributed by atoms with E-state index in [-0.39, 0.29) is 5.91 Å². The van der Waals surface area contributed by atoms with Crippen LogP contribution in [0.5, 0.6) is 0 Å². The zero-order valence-electron chi connectivity index (χ0n) is 10.0. The first kappa shape index (κ1) is 12.3. The molecule has 0 spiro atoms. The zero-order chi connectivity index (χ0) is 12.1. The van der Waals surface area contributed by atoms with Gasteiger partial charge in [-0.1, -0.05) is 12.8 Å². The molecule has 0 N–H and O–H groups in total. The minimum atomic E-state index is -0.0769. The van der Waals surface area contributed by atoms with Crippen LogP contribution in [0, 0.1) is 12.3 Å². The minimum absolute atomic E-state index is 0.0769. The van der Waals surface area contributed by atoms with Crippen LogP contribution in [0.15, 0.2) is 6.07 Å². The summed E-state index contributed by atoms with van der Waals surface area (Å²) in [6.07, 6.45) is 6.01. The third kappa shape index (κ3) is 2.43. The van der Waals surface area contributed by atoms with Crippen LogP contribution < -0.4 is 0 Å². The van der Waals surface area contributed by atoms with E-state index in [1.165, 1.54) is 4.90 Å². The highest BCUT2D eigenvalue weighted by Crippen LogP contribution is 2.08. The normalized spacial score (nSPS) is 9.88. The number of carbonyl (C=O) groups excluding carboxylic acids is 1. The van der Waals surface area contributed by atoms with Crippen molar-refractivity contribution in [2.75, 3.05) is 13.6 Å². The van der Waals surface area contributed by atoms with Gasteiger partial charge < -0.3 is 4.90 Å². The molecule has 0 saturated carbocycles. The van der Waals surface area contributed by atoms with Crippen LogP contribution in [-0.2, 0) is 13.0 Å². The molecule has 0 fully saturated rings. The monoisotopic (exact) mass is 219 g/mol. The van der Waals surface area contributed by atoms with Gasteiger partial charge in [-0.05, 0) is 19.4 Å². The van der Waals surface area contributed by atoms with Gasteiger partial charge in [-0.3, -0.25) is 9.48 Å². The number of aryl methyl sites for hydroxylation is 2. The van der Waals surface area contributed by atoms with Crippen molar-refractivity contribution in [3.05, 3.63) is 17.5 Å². The van der Waals surface area contributed by atoms with Gasteiger partial charge >= 0.3 is 0 Å². The van der Waals surface area contributed by atoms with E-state index in [2.05, 4.69) is 11.0 Å². The predicted octanol–water partition coefficient (Wildman–Crippen LogP) is 1.17. The van der Waals surface area contributed by atoms with Gasteiger partial charge in [-0.25, -0.2) is 0 Å². The molecule has 1 amide bonds. The molecule has 1 heterocycles. The van der Waals surface area contributed by atoms with E-state index in [1.54, 1.807) is 11.7 Å². The fraction of sp³-hybridized carbons (Fsp3) is 0.500. The van der Waals surface area contributed by atoms with E-state index in [1.807, 2.05) is 19.9 Å². The number of hydrogen-bond donors (Lipinski definition) is 0. The molecule has 1 aromatic heterocycles. The first-order valence-corrected chi connectivity index (χ1v) is 5.39. The second-order valence-corrected chi connectivity index (χ2v) is 3.56. The molecule has 0 aliphatic rings. The Kier molecular flexibility index (Phi) is 4.12. The summed E-state index contributed by atoms with van der Waals surface area (Å²) < 4.78 is 1.72. The molecule has 0 unspecified atom stereocenters. The SMILES string of the molecule is C#CCN(C)C(=O)c1cc(CC)nn1CC. The summed E-state index contributed by atoms with van der Waals surface area (Å²) in [4.78, 5) is 13.5. The second-order valence-electron chi connectivity index (χ2n) is 3.56. The van der Waals surface area contributed by atoms with E-state index >= 15 is 0 Å². The quantitative estimate of drug-likeness (QED) is 0.713. The lowest BCUT2D eigenvalue weighted by molar-refractivity contribution is 0.0800. The van der Waals surface area contributed by atoms with E-state index < -0.39 is 0 Å². The number of aromatic nitrogens is 2. The van der Waals surface area contributed by atoms with Gasteiger partial charge in [0.2, 0.25) is 0 Å². The van der Waals surface area contributed by atoms with E-state index in [4.69, 9.17) is 6.42 Å². The number of nitrogens with zero attached hydrogens (tertiary/aromatic N) is 3. The molecule has 0 bridgehead atoms. The highest BCUT2D eigenvalue weighted by atomic mass is 16.2. The Labute approximate surface area is 96.2 Å². The van der Waals surface area contributed by atoms with Gasteiger partial charge in [-0.15, -0.1) is 6.42 Å². The lowest BCUT2D eigenvalue weighted by Crippen LogP contribution is -2.29. The first-order chi connectivity index (χ1) is 7.63. The molecule has 4 heteroatoms. The van der Waals surface area contributed by atoms with Crippen molar-refractivity contribution in [3.63, 3.8) is 0 Å². The molecule has 0 atom stereocenters. The van der Waals surface area contributed by atoms with Crippen molar-refractivity contribution >= 4 is 5.91 Å². The molecular weight excluding hydrogens is 202 g/mol. The Morgan fingerprint density at radius 3 is 2.81 bits per heavy atom. The van der Waals surface area contributed by atoms with Crippen LogP contribution in [0.3, 0.4) is 0 Å². The standard InChI is InChI=1S/C12H17N3O/c1-5-8-14(4)12(16)11-9-10(6-2)13-15(11)7-3/h1,9H,6-8H2,2-4H3. The van der Waals surface area contributed by atoms with Crippen LogP contribution in [-0.4, -0.2) is 34.2 Å². The van der Waals surface area contributed by atoms with Gasteiger partial charge in [0, 0.05) is 13.6 Å². The number of terminal acetylenes is 1. The van der Waals surface area contributed by atoms with E-state index in [0.717, 1.165) is 12.1 Å². The molecule has 1 rings (SSSR count). The molecule has 0 aliphatic heterocycles. The summed E-state index contributed by atoms with van der Waals surface area (Å²) in [5.41, 5.74) is 1.54. The maximum absolute atomic E-state index is 12.0. The summed E-state index contributed by atoms with van der Waals surface area (Å²) >= 11 is 0. The van der Waals surface area contributed by atoms with Gasteiger partial charge in [0.05, 0.1) is 12.2 Å². The number of carbonyl (C=O) groups is 1. The highest BCUT2D eigenvalue weighted by Gasteiger charge is 2.16. The van der Waals surface area contributed by atoms with Crippen molar-refractivity contribution in [2.24, 2.45) is 0 Å². The molecule has 0 saturated heterocycles. The van der Waals surface area contributed by atoms with Gasteiger partial charge in [0.15, 0.2) is 0 Å². The first-order valence-electron chi connectivity index (χ1n) is 5.39. The summed E-state index contributed by atoms with van der Waals surface area (Å²) in [6.45, 7) is 4.98. The topological polar surface area (TPSA) is 38.1 Å². The minimum Gasteiger partial charge on any atom is -0.329 e. The van der Waals surface area contributed by atoms with Crippen molar-refractivity contribution in [1.82, 2.24) is 14.7 Å². The van der Waals surface area contributed by atoms with E-state index in [9.17, 15) is 4.79 Å². The average molecular weight is 219 g/mol. The average Bonchev–Trinajstić information content (AvgIpc) is 2.71. The van der Waals surface area contributed by atoms with Crippen LogP contribution in [0.2, 0.25) is 0 Å². The molecular formula is C12H17N3O. The summed E-state index contributed by atoms with van der Waals surface area (Å²) in [6, 6.07) is 1.83. The molecule has 4 nitrogen and oxygen atoms in total. The molecule has 1 aromatic rings. The van der Waals surface area contributed by atoms with Crippen LogP contribution >= 0.6 is 0 Å². The third-order valence-corrected chi connectivity index (χ3v) is 2.39. The molecule has 16 heavy (non-hydrogen) atoms. The van der Waals surface area contributed by atoms with E-state index in [0.29, 0.717) is 18.8 Å². The van der Waals surface area contributed by atoms with Crippen molar-refractivity contribution in [2.45, 2.75) is 26.8 Å². The third-order valence-electron chi connectivity index (χ3n) is 2.39. The van der Waals surface area contributed by atoms with Gasteiger partial charge in [-0.2, -0.15) is 5.10 Å². The summed E-state index contributed by atoms with van der Waals surface area (Å²) in [5, 5.41) is 4.33. The second kappa shape index (κ2) is 5.36. The maximum Gasteiger partial charge on any atom is 0.272 e. The van der Waals surface area contributed by atoms with Crippen LogP contribution in [0.25, 0.3) is 0 Å². The fourth-order valence-corrected chi connectivity index (χ4v) is 1.46. The molecule has 86 valence electrons. The fourth-order valence-electron chi connectivity index (χ4n) is 1.46. The highest BCUT2D eigenvalue weighted by molar-refractivity contribution is 5.92. The summed E-state index contributed by atoms with van der Waals surface area (Å²) in [5.74, 6) is 2.37.